The first-order valence-electron chi connectivity index (χ1n) is 9.07. The van der Waals surface area contributed by atoms with E-state index in [1.165, 1.54) is 12.1 Å². The molecule has 2 aliphatic rings. The van der Waals surface area contributed by atoms with E-state index in [2.05, 4.69) is 4.90 Å². The number of hydrogen-bond acceptors (Lipinski definition) is 3. The van der Waals surface area contributed by atoms with E-state index in [0.29, 0.717) is 24.6 Å². The lowest BCUT2D eigenvalue weighted by atomic mass is 10.0. The topological polar surface area (TPSA) is 43.8 Å². The molecule has 3 atom stereocenters. The van der Waals surface area contributed by atoms with E-state index in [4.69, 9.17) is 0 Å². The van der Waals surface area contributed by atoms with Crippen LogP contribution in [0.5, 0.6) is 0 Å². The second-order valence-corrected chi connectivity index (χ2v) is 6.93. The normalized spacial score (nSPS) is 26.0. The minimum absolute atomic E-state index is 0.232. The minimum Gasteiger partial charge on any atom is -0.387 e. The van der Waals surface area contributed by atoms with Crippen molar-refractivity contribution in [2.75, 3.05) is 19.6 Å². The maximum Gasteiger partial charge on any atom is 0.222 e. The molecule has 0 radical (unpaired) electrons. The lowest BCUT2D eigenvalue weighted by Gasteiger charge is -2.36. The molecule has 2 fully saturated rings. The Balaban J connectivity index is 1.68. The molecule has 3 rings (SSSR count). The first kappa shape index (κ1) is 17.4. The number of aliphatic hydroxyl groups excluding tert-OH is 1. The first-order chi connectivity index (χ1) is 11.6. The molecule has 1 aromatic carbocycles. The van der Waals surface area contributed by atoms with E-state index in [0.717, 1.165) is 38.8 Å². The van der Waals surface area contributed by atoms with Crippen LogP contribution in [0.2, 0.25) is 0 Å². The molecule has 5 heteroatoms. The van der Waals surface area contributed by atoms with Gasteiger partial charge in [-0.2, -0.15) is 0 Å². The lowest BCUT2D eigenvalue weighted by Crippen LogP contribution is -2.49. The molecule has 2 saturated heterocycles. The number of β-amino-alcohol motifs (C(OH)–C–C–N with tert-alkyl or cyclic N) is 1. The van der Waals surface area contributed by atoms with Gasteiger partial charge in [0.15, 0.2) is 0 Å². The van der Waals surface area contributed by atoms with Gasteiger partial charge in [-0.3, -0.25) is 9.69 Å². The van der Waals surface area contributed by atoms with Gasteiger partial charge in [0.2, 0.25) is 5.91 Å². The van der Waals surface area contributed by atoms with Crippen LogP contribution in [0, 0.1) is 5.82 Å². The Morgan fingerprint density at radius 3 is 2.79 bits per heavy atom. The molecule has 2 aliphatic heterocycles. The number of carbonyl (C=O) groups excluding carboxylic acids is 1. The Bertz CT molecular complexity index is 580. The van der Waals surface area contributed by atoms with Crippen LogP contribution in [-0.2, 0) is 4.79 Å². The summed E-state index contributed by atoms with van der Waals surface area (Å²) in [5, 5.41) is 10.5. The summed E-state index contributed by atoms with van der Waals surface area (Å²) in [5.74, 6) is -0.0879. The molecular weight excluding hydrogens is 307 g/mol. The Labute approximate surface area is 143 Å². The summed E-state index contributed by atoms with van der Waals surface area (Å²) >= 11 is 0. The molecule has 0 bridgehead atoms. The predicted molar refractivity (Wildman–Crippen MR) is 91.0 cm³/mol. The highest BCUT2D eigenvalue weighted by atomic mass is 19.1. The Morgan fingerprint density at radius 1 is 1.29 bits per heavy atom. The summed E-state index contributed by atoms with van der Waals surface area (Å²) in [5.41, 5.74) is 0.619. The van der Waals surface area contributed by atoms with Gasteiger partial charge in [0.05, 0.1) is 6.10 Å². The van der Waals surface area contributed by atoms with E-state index in [1.807, 2.05) is 11.8 Å². The highest BCUT2D eigenvalue weighted by Gasteiger charge is 2.39. The fourth-order valence-corrected chi connectivity index (χ4v) is 4.26. The Morgan fingerprint density at radius 2 is 2.04 bits per heavy atom. The van der Waals surface area contributed by atoms with Gasteiger partial charge in [0, 0.05) is 31.6 Å². The highest BCUT2D eigenvalue weighted by Crippen LogP contribution is 2.31. The van der Waals surface area contributed by atoms with Crippen LogP contribution >= 0.6 is 0 Å². The summed E-state index contributed by atoms with van der Waals surface area (Å²) in [7, 11) is 0. The van der Waals surface area contributed by atoms with Crippen molar-refractivity contribution in [3.63, 3.8) is 0 Å². The number of hydrogen-bond donors (Lipinski definition) is 1. The average Bonchev–Trinajstić information content (AvgIpc) is 3.22. The smallest absolute Gasteiger partial charge is 0.222 e. The van der Waals surface area contributed by atoms with Gasteiger partial charge < -0.3 is 10.0 Å². The molecule has 132 valence electrons. The molecule has 1 amide bonds. The Kier molecular flexibility index (Phi) is 5.51. The second kappa shape index (κ2) is 7.62. The van der Waals surface area contributed by atoms with Gasteiger partial charge in [-0.25, -0.2) is 4.39 Å². The van der Waals surface area contributed by atoms with Crippen molar-refractivity contribution in [1.82, 2.24) is 9.80 Å². The number of halogens is 1. The second-order valence-electron chi connectivity index (χ2n) is 6.93. The third kappa shape index (κ3) is 3.62. The van der Waals surface area contributed by atoms with E-state index in [9.17, 15) is 14.3 Å². The zero-order valence-electron chi connectivity index (χ0n) is 14.3. The summed E-state index contributed by atoms with van der Waals surface area (Å²) < 4.78 is 13.4. The summed E-state index contributed by atoms with van der Waals surface area (Å²) in [6.07, 6.45) is 4.11. The van der Waals surface area contributed by atoms with Gasteiger partial charge in [-0.05, 0) is 49.9 Å². The molecule has 0 saturated carbocycles. The SMILES string of the molecule is CCC(=O)N1CCC[C@@H]1[C@@H]1CCCN1C[C@@H](O)c1cccc(F)c1. The van der Waals surface area contributed by atoms with Crippen molar-refractivity contribution in [2.24, 2.45) is 0 Å². The van der Waals surface area contributed by atoms with E-state index in [1.54, 1.807) is 12.1 Å². The number of amides is 1. The predicted octanol–water partition coefficient (Wildman–Crippen LogP) is 2.72. The molecule has 2 heterocycles. The van der Waals surface area contributed by atoms with Crippen molar-refractivity contribution in [3.05, 3.63) is 35.6 Å². The molecule has 1 aromatic rings. The monoisotopic (exact) mass is 334 g/mol. The largest absolute Gasteiger partial charge is 0.387 e. The fourth-order valence-electron chi connectivity index (χ4n) is 4.26. The van der Waals surface area contributed by atoms with Crippen LogP contribution in [-0.4, -0.2) is 52.5 Å². The number of likely N-dealkylation sites (tertiary alicyclic amines) is 2. The summed E-state index contributed by atoms with van der Waals surface area (Å²) in [6, 6.07) is 6.76. The molecule has 0 aromatic heterocycles. The average molecular weight is 334 g/mol. The molecule has 1 N–H and O–H groups in total. The van der Waals surface area contributed by atoms with Crippen LogP contribution in [0.1, 0.15) is 50.7 Å². The molecule has 4 nitrogen and oxygen atoms in total. The van der Waals surface area contributed by atoms with Crippen LogP contribution in [0.4, 0.5) is 4.39 Å². The third-order valence-electron chi connectivity index (χ3n) is 5.42. The quantitative estimate of drug-likeness (QED) is 0.900. The third-order valence-corrected chi connectivity index (χ3v) is 5.42. The van der Waals surface area contributed by atoms with Crippen LogP contribution in [0.15, 0.2) is 24.3 Å². The van der Waals surface area contributed by atoms with Crippen molar-refractivity contribution in [3.8, 4) is 0 Å². The first-order valence-corrected chi connectivity index (χ1v) is 9.07. The lowest BCUT2D eigenvalue weighted by molar-refractivity contribution is -0.132. The molecule has 0 aliphatic carbocycles. The van der Waals surface area contributed by atoms with Crippen molar-refractivity contribution < 1.29 is 14.3 Å². The van der Waals surface area contributed by atoms with E-state index in [-0.39, 0.29) is 17.8 Å². The molecular formula is C19H27FN2O2. The zero-order chi connectivity index (χ0) is 17.1. The maximum absolute atomic E-state index is 13.4. The standard InChI is InChI=1S/C19H27FN2O2/c1-2-19(24)22-11-5-9-17(22)16-8-4-10-21(16)13-18(23)14-6-3-7-15(20)12-14/h3,6-7,12,16-18,23H,2,4-5,8-11,13H2,1H3/t16-,17+,18+/m0/s1. The van der Waals surface area contributed by atoms with Crippen LogP contribution < -0.4 is 0 Å². The highest BCUT2D eigenvalue weighted by molar-refractivity contribution is 5.76. The van der Waals surface area contributed by atoms with Crippen molar-refractivity contribution in [1.29, 1.82) is 0 Å². The van der Waals surface area contributed by atoms with E-state index >= 15 is 0 Å². The minimum atomic E-state index is -0.696. The number of carbonyl (C=O) groups is 1. The Hall–Kier alpha value is -1.46. The van der Waals surface area contributed by atoms with Gasteiger partial charge in [0.25, 0.3) is 0 Å². The zero-order valence-corrected chi connectivity index (χ0v) is 14.3. The van der Waals surface area contributed by atoms with Crippen LogP contribution in [0.3, 0.4) is 0 Å². The van der Waals surface area contributed by atoms with Gasteiger partial charge >= 0.3 is 0 Å². The molecule has 0 unspecified atom stereocenters. The fraction of sp³-hybridized carbons (Fsp3) is 0.632. The number of aliphatic hydroxyl groups is 1. The van der Waals surface area contributed by atoms with Gasteiger partial charge in [0.1, 0.15) is 5.82 Å². The number of nitrogens with zero attached hydrogens (tertiary/aromatic N) is 2. The van der Waals surface area contributed by atoms with Crippen molar-refractivity contribution >= 4 is 5.91 Å². The maximum atomic E-state index is 13.4. The molecule has 0 spiro atoms. The summed E-state index contributed by atoms with van der Waals surface area (Å²) in [4.78, 5) is 16.5. The number of rotatable bonds is 5. The van der Waals surface area contributed by atoms with Crippen molar-refractivity contribution in [2.45, 2.75) is 57.2 Å². The molecule has 24 heavy (non-hydrogen) atoms. The van der Waals surface area contributed by atoms with E-state index < -0.39 is 6.10 Å². The van der Waals surface area contributed by atoms with Crippen LogP contribution in [0.25, 0.3) is 0 Å². The van der Waals surface area contributed by atoms with Gasteiger partial charge in [-0.15, -0.1) is 0 Å². The van der Waals surface area contributed by atoms with Gasteiger partial charge in [-0.1, -0.05) is 19.1 Å². The number of benzene rings is 1. The summed E-state index contributed by atoms with van der Waals surface area (Å²) in [6.45, 7) is 4.20.